The summed E-state index contributed by atoms with van der Waals surface area (Å²) in [5.74, 6) is -0.560. The number of nitrogens with one attached hydrogen (secondary N) is 1. The minimum absolute atomic E-state index is 0.160. The second-order valence-corrected chi connectivity index (χ2v) is 6.82. The molecule has 2 amide bonds. The molecule has 29 heavy (non-hydrogen) atoms. The lowest BCUT2D eigenvalue weighted by atomic mass is 10.1. The van der Waals surface area contributed by atoms with E-state index in [9.17, 15) is 14.4 Å². The molecule has 0 bridgehead atoms. The van der Waals surface area contributed by atoms with Crippen LogP contribution in [0.2, 0.25) is 5.02 Å². The van der Waals surface area contributed by atoms with Crippen molar-refractivity contribution in [3.05, 3.63) is 69.7 Å². The molecule has 3 rings (SSSR count). The van der Waals surface area contributed by atoms with Crippen LogP contribution in [0.25, 0.3) is 10.9 Å². The van der Waals surface area contributed by atoms with Gasteiger partial charge in [0.25, 0.3) is 11.5 Å². The van der Waals surface area contributed by atoms with E-state index in [4.69, 9.17) is 11.6 Å². The number of carbonyl (C=O) groups excluding carboxylic acids is 2. The van der Waals surface area contributed by atoms with Gasteiger partial charge in [0.05, 0.1) is 27.8 Å². The minimum Gasteiger partial charge on any atom is -0.339 e. The van der Waals surface area contributed by atoms with Gasteiger partial charge in [-0.05, 0) is 44.2 Å². The molecule has 0 unspecified atom stereocenters. The Hall–Kier alpha value is -3.19. The summed E-state index contributed by atoms with van der Waals surface area (Å²) in [5, 5.41) is 3.40. The van der Waals surface area contributed by atoms with Crippen molar-refractivity contribution in [2.45, 2.75) is 20.4 Å². The first-order valence-corrected chi connectivity index (χ1v) is 9.65. The summed E-state index contributed by atoms with van der Waals surface area (Å²) >= 11 is 6.25. The second-order valence-electron chi connectivity index (χ2n) is 6.42. The van der Waals surface area contributed by atoms with Gasteiger partial charge in [0.15, 0.2) is 0 Å². The summed E-state index contributed by atoms with van der Waals surface area (Å²) in [6.07, 6.45) is 1.35. The third kappa shape index (κ3) is 4.46. The van der Waals surface area contributed by atoms with E-state index < -0.39 is 5.91 Å². The smallest absolute Gasteiger partial charge is 0.261 e. The van der Waals surface area contributed by atoms with Gasteiger partial charge >= 0.3 is 0 Å². The molecule has 0 aliphatic carbocycles. The summed E-state index contributed by atoms with van der Waals surface area (Å²) in [5.41, 5.74) is 1.11. The van der Waals surface area contributed by atoms with E-state index >= 15 is 0 Å². The summed E-state index contributed by atoms with van der Waals surface area (Å²) in [7, 11) is 0. The number of anilines is 1. The van der Waals surface area contributed by atoms with E-state index in [0.29, 0.717) is 35.2 Å². The molecule has 0 saturated heterocycles. The van der Waals surface area contributed by atoms with E-state index in [1.54, 1.807) is 41.3 Å². The molecule has 1 heterocycles. The fourth-order valence-corrected chi connectivity index (χ4v) is 3.28. The van der Waals surface area contributed by atoms with Crippen molar-refractivity contribution < 1.29 is 9.59 Å². The van der Waals surface area contributed by atoms with E-state index in [1.807, 2.05) is 13.8 Å². The van der Waals surface area contributed by atoms with Crippen molar-refractivity contribution in [3.8, 4) is 0 Å². The number of amides is 2. The van der Waals surface area contributed by atoms with Crippen LogP contribution in [0.4, 0.5) is 5.69 Å². The van der Waals surface area contributed by atoms with Gasteiger partial charge in [0.2, 0.25) is 5.91 Å². The van der Waals surface area contributed by atoms with Gasteiger partial charge in [-0.15, -0.1) is 0 Å². The Balaban J connectivity index is 1.74. The number of para-hydroxylation sites is 1. The number of nitrogens with zero attached hydrogens (tertiary/aromatic N) is 3. The Kier molecular flexibility index (Phi) is 6.29. The number of aromatic nitrogens is 2. The molecule has 0 spiro atoms. The third-order valence-corrected chi connectivity index (χ3v) is 4.89. The zero-order valence-corrected chi connectivity index (χ0v) is 16.9. The molecular formula is C21H21ClN4O3. The average Bonchev–Trinajstić information content (AvgIpc) is 2.71. The van der Waals surface area contributed by atoms with Crippen molar-refractivity contribution in [1.29, 1.82) is 0 Å². The zero-order valence-electron chi connectivity index (χ0n) is 16.2. The van der Waals surface area contributed by atoms with Gasteiger partial charge in [0.1, 0.15) is 6.54 Å². The molecule has 0 aliphatic rings. The van der Waals surface area contributed by atoms with Crippen LogP contribution in [0.1, 0.15) is 24.2 Å². The molecule has 0 radical (unpaired) electrons. The van der Waals surface area contributed by atoms with E-state index in [1.165, 1.54) is 17.0 Å². The number of benzene rings is 2. The van der Waals surface area contributed by atoms with Gasteiger partial charge in [-0.1, -0.05) is 23.7 Å². The number of hydrogen-bond donors (Lipinski definition) is 1. The lowest BCUT2D eigenvalue weighted by Gasteiger charge is -2.19. The van der Waals surface area contributed by atoms with E-state index in [2.05, 4.69) is 10.3 Å². The quantitative estimate of drug-likeness (QED) is 0.674. The molecule has 0 saturated carbocycles. The summed E-state index contributed by atoms with van der Waals surface area (Å²) in [6, 6.07) is 11.7. The predicted molar refractivity (Wildman–Crippen MR) is 113 cm³/mol. The first-order valence-electron chi connectivity index (χ1n) is 9.27. The average molecular weight is 413 g/mol. The van der Waals surface area contributed by atoms with Gasteiger partial charge in [-0.3, -0.25) is 19.0 Å². The molecule has 3 aromatic rings. The van der Waals surface area contributed by atoms with Gasteiger partial charge in [-0.2, -0.15) is 0 Å². The molecule has 8 heteroatoms. The van der Waals surface area contributed by atoms with Crippen LogP contribution in [-0.4, -0.2) is 39.4 Å². The Morgan fingerprint density at radius 2 is 1.86 bits per heavy atom. The van der Waals surface area contributed by atoms with Gasteiger partial charge in [0, 0.05) is 18.8 Å². The maximum Gasteiger partial charge on any atom is 0.261 e. The molecule has 150 valence electrons. The lowest BCUT2D eigenvalue weighted by Crippen LogP contribution is -2.30. The monoisotopic (exact) mass is 412 g/mol. The van der Waals surface area contributed by atoms with Crippen LogP contribution in [-0.2, 0) is 11.3 Å². The largest absolute Gasteiger partial charge is 0.339 e. The second kappa shape index (κ2) is 8.87. The maximum absolute atomic E-state index is 12.5. The predicted octanol–water partition coefficient (Wildman–Crippen LogP) is 3.17. The van der Waals surface area contributed by atoms with Crippen LogP contribution in [0.3, 0.4) is 0 Å². The highest BCUT2D eigenvalue weighted by Gasteiger charge is 2.16. The highest BCUT2D eigenvalue weighted by Crippen LogP contribution is 2.22. The summed E-state index contributed by atoms with van der Waals surface area (Å²) < 4.78 is 1.25. The van der Waals surface area contributed by atoms with Crippen molar-refractivity contribution in [2.24, 2.45) is 0 Å². The molecule has 0 atom stereocenters. The van der Waals surface area contributed by atoms with Crippen molar-refractivity contribution in [3.63, 3.8) is 0 Å². The number of halogens is 1. The van der Waals surface area contributed by atoms with Gasteiger partial charge < -0.3 is 10.2 Å². The highest BCUT2D eigenvalue weighted by molar-refractivity contribution is 6.34. The number of rotatable bonds is 6. The summed E-state index contributed by atoms with van der Waals surface area (Å²) in [6.45, 7) is 4.77. The molecule has 0 fully saturated rings. The number of fused-ring (bicyclic) bond motifs is 1. The SMILES string of the molecule is CCN(CC)C(=O)c1ccc(NC(=O)Cn2cnc3ccccc3c2=O)cc1Cl. The first kappa shape index (κ1) is 20.5. The van der Waals surface area contributed by atoms with Gasteiger partial charge in [-0.25, -0.2) is 4.98 Å². The van der Waals surface area contributed by atoms with Crippen molar-refractivity contribution >= 4 is 40.0 Å². The standard InChI is InChI=1S/C21H21ClN4O3/c1-3-25(4-2)20(28)15-10-9-14(11-17(15)22)24-19(27)12-26-13-23-18-8-6-5-7-16(18)21(26)29/h5-11,13H,3-4,12H2,1-2H3,(H,24,27). The zero-order chi connectivity index (χ0) is 21.0. The Morgan fingerprint density at radius 1 is 1.14 bits per heavy atom. The highest BCUT2D eigenvalue weighted by atomic mass is 35.5. The van der Waals surface area contributed by atoms with Crippen LogP contribution in [0.5, 0.6) is 0 Å². The maximum atomic E-state index is 12.5. The lowest BCUT2D eigenvalue weighted by molar-refractivity contribution is -0.116. The Morgan fingerprint density at radius 3 is 2.55 bits per heavy atom. The van der Waals surface area contributed by atoms with E-state index in [-0.39, 0.29) is 23.0 Å². The first-order chi connectivity index (χ1) is 13.9. The van der Waals surface area contributed by atoms with Crippen molar-refractivity contribution in [1.82, 2.24) is 14.5 Å². The van der Waals surface area contributed by atoms with Crippen LogP contribution in [0.15, 0.2) is 53.6 Å². The van der Waals surface area contributed by atoms with E-state index in [0.717, 1.165) is 0 Å². The normalized spacial score (nSPS) is 10.7. The minimum atomic E-state index is -0.400. The molecule has 1 N–H and O–H groups in total. The fraction of sp³-hybridized carbons (Fsp3) is 0.238. The van der Waals surface area contributed by atoms with Crippen molar-refractivity contribution in [2.75, 3.05) is 18.4 Å². The molecular weight excluding hydrogens is 392 g/mol. The Bertz CT molecular complexity index is 1120. The van der Waals surface area contributed by atoms with Crippen LogP contribution in [0, 0.1) is 0 Å². The van der Waals surface area contributed by atoms with Crippen LogP contribution >= 0.6 is 11.6 Å². The molecule has 7 nitrogen and oxygen atoms in total. The Labute approximate surface area is 172 Å². The van der Waals surface area contributed by atoms with Crippen LogP contribution < -0.4 is 10.9 Å². The number of carbonyl (C=O) groups is 2. The number of hydrogen-bond acceptors (Lipinski definition) is 4. The molecule has 1 aromatic heterocycles. The third-order valence-electron chi connectivity index (χ3n) is 4.58. The fourth-order valence-electron chi connectivity index (χ4n) is 3.02. The molecule has 0 aliphatic heterocycles. The summed E-state index contributed by atoms with van der Waals surface area (Å²) in [4.78, 5) is 43.2. The molecule has 2 aromatic carbocycles. The topological polar surface area (TPSA) is 84.3 Å².